The zero-order chi connectivity index (χ0) is 45.8. The van der Waals surface area contributed by atoms with Crippen LogP contribution in [-0.2, 0) is 42.9 Å². The number of ether oxygens (including phenoxy) is 5. The van der Waals surface area contributed by atoms with Gasteiger partial charge in [0.2, 0.25) is 0 Å². The molecule has 1 amide bonds. The summed E-state index contributed by atoms with van der Waals surface area (Å²) in [6, 6.07) is 20.0. The molecule has 3 fully saturated rings. The molecule has 334 valence electrons. The number of rotatable bonds is 10. The molecule has 0 spiro atoms. The first kappa shape index (κ1) is 45.1. The second kappa shape index (κ2) is 16.6. The van der Waals surface area contributed by atoms with Crippen LogP contribution in [0.5, 0.6) is 5.75 Å². The number of esters is 4. The lowest BCUT2D eigenvalue weighted by Crippen LogP contribution is -2.82. The van der Waals surface area contributed by atoms with Gasteiger partial charge in [-0.05, 0) is 54.8 Å². The summed E-state index contributed by atoms with van der Waals surface area (Å²) >= 11 is 0. The number of carbonyl (C=O) groups is 6. The van der Waals surface area contributed by atoms with E-state index in [0.717, 1.165) is 13.8 Å². The van der Waals surface area contributed by atoms with E-state index in [4.69, 9.17) is 23.7 Å². The van der Waals surface area contributed by atoms with Gasteiger partial charge in [-0.15, -0.1) is 0 Å². The quantitative estimate of drug-likeness (QED) is 0.111. The normalized spacial score (nSPS) is 31.5. The molecule has 5 N–H and O–H groups in total. The molecule has 0 radical (unpaired) electrons. The third-order valence-electron chi connectivity index (χ3n) is 13.6. The molecule has 16 heteroatoms. The Balaban J connectivity index is 1.39. The van der Waals surface area contributed by atoms with Crippen LogP contribution in [-0.4, -0.2) is 110 Å². The lowest BCUT2D eigenvalue weighted by molar-refractivity contribution is -0.346. The van der Waals surface area contributed by atoms with Gasteiger partial charge in [0, 0.05) is 32.1 Å². The molecule has 4 aliphatic rings. The van der Waals surface area contributed by atoms with Crippen LogP contribution in [0.1, 0.15) is 86.7 Å². The number of hydrogen-bond acceptors (Lipinski definition) is 15. The number of nitrogens with one attached hydrogen (secondary N) is 1. The fourth-order valence-corrected chi connectivity index (χ4v) is 10.3. The summed E-state index contributed by atoms with van der Waals surface area (Å²) in [5.74, 6) is -7.58. The van der Waals surface area contributed by atoms with Crippen molar-refractivity contribution in [1.29, 1.82) is 0 Å². The molecule has 3 aromatic carbocycles. The maximum atomic E-state index is 15.5. The standard InChI is InChI=1S/C47H51NO15/c1-24-31(61-43(57)36(53)35(27-15-9-7-10-16-27)48-41(55)29-19-13-14-20-30(29)51)22-47(58)40(62-42(56)28-17-11-8-12-18-28)38-45(6,32(52)21-33-46(38,23-59-33)63-26(3)50)39(54)37(60-25(2)49)34(24)44(47,4)5/h7-20,31-33,35-38,40,51-53,58H,21-23H2,1-6H3,(H,48,55)/t31-,32-,33+,35-,36+,37+,38?,40-,45+,46-,47+/m0/s1. The largest absolute Gasteiger partial charge is 0.507 e. The molecule has 0 aromatic heterocycles. The van der Waals surface area contributed by atoms with Crippen molar-refractivity contribution < 1.29 is 72.9 Å². The summed E-state index contributed by atoms with van der Waals surface area (Å²) in [6.45, 7) is 7.86. The van der Waals surface area contributed by atoms with Crippen LogP contribution in [0.4, 0.5) is 0 Å². The van der Waals surface area contributed by atoms with E-state index in [9.17, 15) is 44.4 Å². The smallest absolute Gasteiger partial charge is 0.338 e. The molecule has 11 atom stereocenters. The summed E-state index contributed by atoms with van der Waals surface area (Å²) in [4.78, 5) is 83.6. The average Bonchev–Trinajstić information content (AvgIpc) is 3.24. The fraction of sp³-hybridized carbons (Fsp3) is 0.447. The molecular weight excluding hydrogens is 819 g/mol. The summed E-state index contributed by atoms with van der Waals surface area (Å²) in [5.41, 5.74) is -7.67. The summed E-state index contributed by atoms with van der Waals surface area (Å²) in [7, 11) is 0. The minimum absolute atomic E-state index is 0.0302. The van der Waals surface area contributed by atoms with Crippen molar-refractivity contribution in [3.63, 3.8) is 0 Å². The number of hydrogen-bond donors (Lipinski definition) is 5. The maximum Gasteiger partial charge on any atom is 0.338 e. The lowest BCUT2D eigenvalue weighted by Gasteiger charge is -2.67. The number of phenolic OH excluding ortho intramolecular Hbond substituents is 1. The second-order valence-electron chi connectivity index (χ2n) is 17.5. The molecule has 1 heterocycles. The number of aliphatic hydroxyl groups excluding tert-OH is 2. The lowest BCUT2D eigenvalue weighted by atomic mass is 9.44. The SMILES string of the molecule is CC(=O)O[C@H]1C(=O)[C@@]2(C)C([C@H](OC(=O)c3ccccc3)[C@]3(O)C[C@H](OC(=O)[C@H](O)[C@@H](NC(=O)c4ccccc4O)c4ccccc4)C(C)=C1C3(C)C)[C@]1(OC(C)=O)CO[C@@H]1C[C@@H]2O. The average molecular weight is 870 g/mol. The first-order valence-electron chi connectivity index (χ1n) is 20.6. The van der Waals surface area contributed by atoms with Gasteiger partial charge in [0.15, 0.2) is 23.6 Å². The number of ketones is 1. The highest BCUT2D eigenvalue weighted by atomic mass is 16.6. The molecule has 3 aliphatic carbocycles. The maximum absolute atomic E-state index is 15.5. The van der Waals surface area contributed by atoms with Crippen LogP contribution >= 0.6 is 0 Å². The van der Waals surface area contributed by atoms with Crippen LogP contribution in [0.15, 0.2) is 96.1 Å². The van der Waals surface area contributed by atoms with Crippen LogP contribution < -0.4 is 5.32 Å². The Morgan fingerprint density at radius 1 is 0.857 bits per heavy atom. The Bertz CT molecular complexity index is 2350. The highest BCUT2D eigenvalue weighted by Gasteiger charge is 2.78. The van der Waals surface area contributed by atoms with Crippen LogP contribution in [0.2, 0.25) is 0 Å². The summed E-state index contributed by atoms with van der Waals surface area (Å²) in [5, 5.41) is 50.5. The summed E-state index contributed by atoms with van der Waals surface area (Å²) < 4.78 is 30.2. The van der Waals surface area contributed by atoms with Crippen molar-refractivity contribution in [3.8, 4) is 5.75 Å². The van der Waals surface area contributed by atoms with Gasteiger partial charge in [-0.3, -0.25) is 19.2 Å². The predicted molar refractivity (Wildman–Crippen MR) is 219 cm³/mol. The molecular formula is C47H51NO15. The molecule has 1 unspecified atom stereocenters. The Kier molecular flexibility index (Phi) is 11.9. The highest BCUT2D eigenvalue weighted by molar-refractivity contribution is 5.98. The topological polar surface area (TPSA) is 242 Å². The van der Waals surface area contributed by atoms with Gasteiger partial charge in [0.25, 0.3) is 5.91 Å². The number of Topliss-reactive ketones (excluding diaryl/α,β-unsaturated/α-hetero) is 1. The molecule has 3 aromatic rings. The van der Waals surface area contributed by atoms with E-state index >= 15 is 4.79 Å². The van der Waals surface area contributed by atoms with Crippen molar-refractivity contribution in [2.75, 3.05) is 6.61 Å². The minimum Gasteiger partial charge on any atom is -0.507 e. The van der Waals surface area contributed by atoms with Crippen LogP contribution in [0.3, 0.4) is 0 Å². The van der Waals surface area contributed by atoms with Crippen LogP contribution in [0, 0.1) is 16.7 Å². The van der Waals surface area contributed by atoms with E-state index < -0.39 is 113 Å². The third-order valence-corrected chi connectivity index (χ3v) is 13.6. The van der Waals surface area contributed by atoms with E-state index in [1.807, 2.05) is 0 Å². The monoisotopic (exact) mass is 869 g/mol. The number of fused-ring (bicyclic) bond motifs is 5. The number of benzene rings is 3. The molecule has 2 saturated carbocycles. The van der Waals surface area contributed by atoms with Crippen molar-refractivity contribution in [2.24, 2.45) is 16.7 Å². The zero-order valence-corrected chi connectivity index (χ0v) is 35.6. The Hall–Kier alpha value is -5.94. The molecule has 1 saturated heterocycles. The Morgan fingerprint density at radius 3 is 2.06 bits per heavy atom. The van der Waals surface area contributed by atoms with Crippen molar-refractivity contribution in [1.82, 2.24) is 5.32 Å². The fourth-order valence-electron chi connectivity index (χ4n) is 10.3. The van der Waals surface area contributed by atoms with E-state index in [1.54, 1.807) is 62.4 Å². The molecule has 2 bridgehead atoms. The van der Waals surface area contributed by atoms with E-state index in [2.05, 4.69) is 5.32 Å². The van der Waals surface area contributed by atoms with Gasteiger partial charge < -0.3 is 49.4 Å². The Labute approximate surface area is 363 Å². The zero-order valence-electron chi connectivity index (χ0n) is 35.6. The number of aliphatic hydroxyl groups is 3. The van der Waals surface area contributed by atoms with E-state index in [1.165, 1.54) is 50.2 Å². The van der Waals surface area contributed by atoms with Gasteiger partial charge >= 0.3 is 23.9 Å². The van der Waals surface area contributed by atoms with Gasteiger partial charge in [-0.25, -0.2) is 9.59 Å². The van der Waals surface area contributed by atoms with Crippen molar-refractivity contribution >= 4 is 35.6 Å². The molecule has 16 nitrogen and oxygen atoms in total. The number of para-hydroxylation sites is 1. The van der Waals surface area contributed by atoms with Crippen molar-refractivity contribution in [2.45, 2.75) is 108 Å². The minimum atomic E-state index is -2.42. The van der Waals surface area contributed by atoms with E-state index in [-0.39, 0.29) is 46.6 Å². The molecule has 1 aliphatic heterocycles. The van der Waals surface area contributed by atoms with Crippen molar-refractivity contribution in [3.05, 3.63) is 113 Å². The third kappa shape index (κ3) is 7.47. The number of amides is 1. The molecule has 63 heavy (non-hydrogen) atoms. The number of carbonyl (C=O) groups excluding carboxylic acids is 6. The van der Waals surface area contributed by atoms with Gasteiger partial charge in [-0.2, -0.15) is 0 Å². The second-order valence-corrected chi connectivity index (χ2v) is 17.5. The predicted octanol–water partition coefficient (Wildman–Crippen LogP) is 3.44. The summed E-state index contributed by atoms with van der Waals surface area (Å²) in [6.07, 6.45) is -10.8. The first-order valence-corrected chi connectivity index (χ1v) is 20.6. The number of phenols is 1. The van der Waals surface area contributed by atoms with Crippen LogP contribution in [0.25, 0.3) is 0 Å². The Morgan fingerprint density at radius 2 is 1.48 bits per heavy atom. The molecule has 7 rings (SSSR count). The van der Waals surface area contributed by atoms with E-state index in [0.29, 0.717) is 0 Å². The first-order chi connectivity index (χ1) is 29.7. The number of aromatic hydroxyl groups is 1. The van der Waals surface area contributed by atoms with Gasteiger partial charge in [-0.1, -0.05) is 74.5 Å². The van der Waals surface area contributed by atoms with Gasteiger partial charge in [0.1, 0.15) is 29.7 Å². The van der Waals surface area contributed by atoms with Gasteiger partial charge in [0.05, 0.1) is 41.2 Å². The highest BCUT2D eigenvalue weighted by Crippen LogP contribution is 2.64.